The molecular weight excluding hydrogens is 460 g/mol. The number of benzene rings is 1. The molecule has 0 spiro atoms. The average molecular weight is 495 g/mol. The SMILES string of the molecule is COc1cc(OC)cc(C(=O)N2CCN(c3nc(C(C)C)nc4sc5c(c34)CC[C@@H](C)C5)CC2)c1. The van der Waals surface area contributed by atoms with Gasteiger partial charge in [-0.1, -0.05) is 20.8 Å². The first-order valence-electron chi connectivity index (χ1n) is 12.5. The number of carbonyl (C=O) groups is 1. The molecule has 0 saturated carbocycles. The molecular formula is C27H34N4O3S. The highest BCUT2D eigenvalue weighted by Gasteiger charge is 2.29. The molecule has 0 bridgehead atoms. The number of piperazine rings is 1. The van der Waals surface area contributed by atoms with Crippen LogP contribution in [0.3, 0.4) is 0 Å². The lowest BCUT2D eigenvalue weighted by Crippen LogP contribution is -2.49. The largest absolute Gasteiger partial charge is 0.497 e. The van der Waals surface area contributed by atoms with Crippen molar-refractivity contribution >= 4 is 33.3 Å². The summed E-state index contributed by atoms with van der Waals surface area (Å²) in [6.45, 7) is 9.43. The molecule has 1 amide bonds. The van der Waals surface area contributed by atoms with Crippen LogP contribution < -0.4 is 14.4 Å². The third-order valence-electron chi connectivity index (χ3n) is 7.13. The maximum atomic E-state index is 13.3. The first-order chi connectivity index (χ1) is 16.9. The topological polar surface area (TPSA) is 67.8 Å². The Kier molecular flexibility index (Phi) is 6.57. The van der Waals surface area contributed by atoms with Crippen LogP contribution in [0.5, 0.6) is 11.5 Å². The van der Waals surface area contributed by atoms with Crippen molar-refractivity contribution in [1.29, 1.82) is 0 Å². The molecule has 1 aromatic carbocycles. The fraction of sp³-hybridized carbons (Fsp3) is 0.519. The summed E-state index contributed by atoms with van der Waals surface area (Å²) >= 11 is 1.86. The van der Waals surface area contributed by atoms with E-state index in [0.717, 1.165) is 48.3 Å². The lowest BCUT2D eigenvalue weighted by molar-refractivity contribution is 0.0746. The number of methoxy groups -OCH3 is 2. The molecule has 35 heavy (non-hydrogen) atoms. The van der Waals surface area contributed by atoms with Gasteiger partial charge >= 0.3 is 0 Å². The van der Waals surface area contributed by atoms with Crippen molar-refractivity contribution in [2.45, 2.75) is 46.0 Å². The maximum absolute atomic E-state index is 13.3. The summed E-state index contributed by atoms with van der Waals surface area (Å²) in [5.74, 6) is 4.19. The van der Waals surface area contributed by atoms with Gasteiger partial charge in [0.1, 0.15) is 28.0 Å². The smallest absolute Gasteiger partial charge is 0.254 e. The van der Waals surface area contributed by atoms with Crippen LogP contribution in [-0.2, 0) is 12.8 Å². The van der Waals surface area contributed by atoms with E-state index in [1.54, 1.807) is 32.4 Å². The molecule has 0 unspecified atom stereocenters. The number of carbonyl (C=O) groups excluding carboxylic acids is 1. The second-order valence-corrected chi connectivity index (χ2v) is 11.1. The average Bonchev–Trinajstić information content (AvgIpc) is 3.24. The van der Waals surface area contributed by atoms with Gasteiger partial charge in [-0.3, -0.25) is 4.79 Å². The Labute approximate surface area is 211 Å². The van der Waals surface area contributed by atoms with Crippen molar-refractivity contribution < 1.29 is 14.3 Å². The van der Waals surface area contributed by atoms with E-state index in [1.165, 1.54) is 22.2 Å². The fourth-order valence-corrected chi connectivity index (χ4v) is 6.45. The molecule has 2 aromatic heterocycles. The summed E-state index contributed by atoms with van der Waals surface area (Å²) in [5, 5.41) is 1.25. The van der Waals surface area contributed by atoms with Crippen LogP contribution in [0.25, 0.3) is 10.2 Å². The van der Waals surface area contributed by atoms with Crippen molar-refractivity contribution in [2.75, 3.05) is 45.3 Å². The van der Waals surface area contributed by atoms with Gasteiger partial charge in [0.25, 0.3) is 5.91 Å². The predicted octanol–water partition coefficient (Wildman–Crippen LogP) is 4.92. The molecule has 1 fully saturated rings. The Bertz CT molecular complexity index is 1220. The number of amides is 1. The standard InChI is InChI=1S/C27H34N4O3S/c1-16(2)24-28-25(23-21-7-6-17(3)12-22(21)35-26(23)29-24)30-8-10-31(11-9-30)27(32)18-13-19(33-4)15-20(14-18)34-5/h13-17H,6-12H2,1-5H3/t17-/m1/s1. The molecule has 3 aromatic rings. The summed E-state index contributed by atoms with van der Waals surface area (Å²) in [7, 11) is 3.19. The van der Waals surface area contributed by atoms with E-state index >= 15 is 0 Å². The molecule has 8 heteroatoms. The van der Waals surface area contributed by atoms with E-state index in [0.29, 0.717) is 30.2 Å². The second kappa shape index (κ2) is 9.64. The van der Waals surface area contributed by atoms with E-state index in [4.69, 9.17) is 19.4 Å². The van der Waals surface area contributed by atoms with Crippen molar-refractivity contribution in [1.82, 2.24) is 14.9 Å². The molecule has 5 rings (SSSR count). The minimum absolute atomic E-state index is 0.000505. The quantitative estimate of drug-likeness (QED) is 0.502. The lowest BCUT2D eigenvalue weighted by atomic mass is 9.89. The number of rotatable bonds is 5. The zero-order chi connectivity index (χ0) is 24.7. The number of thiophene rings is 1. The predicted molar refractivity (Wildman–Crippen MR) is 140 cm³/mol. The van der Waals surface area contributed by atoms with Crippen LogP contribution in [-0.4, -0.2) is 61.2 Å². The highest BCUT2D eigenvalue weighted by Crippen LogP contribution is 2.41. The van der Waals surface area contributed by atoms with E-state index in [2.05, 4.69) is 25.7 Å². The minimum atomic E-state index is -0.000505. The molecule has 186 valence electrons. The Morgan fingerprint density at radius 3 is 2.37 bits per heavy atom. The normalized spacial score (nSPS) is 18.2. The number of hydrogen-bond donors (Lipinski definition) is 0. The Balaban J connectivity index is 1.41. The van der Waals surface area contributed by atoms with Crippen LogP contribution >= 0.6 is 11.3 Å². The number of hydrogen-bond acceptors (Lipinski definition) is 7. The van der Waals surface area contributed by atoms with E-state index in [9.17, 15) is 4.79 Å². The third kappa shape index (κ3) is 4.56. The van der Waals surface area contributed by atoms with Gasteiger partial charge in [0.2, 0.25) is 0 Å². The summed E-state index contributed by atoms with van der Waals surface area (Å²) in [6.07, 6.45) is 3.46. The number of nitrogens with zero attached hydrogens (tertiary/aromatic N) is 4. The van der Waals surface area contributed by atoms with Gasteiger partial charge in [-0.25, -0.2) is 9.97 Å². The first-order valence-corrected chi connectivity index (χ1v) is 13.3. The van der Waals surface area contributed by atoms with Gasteiger partial charge in [-0.05, 0) is 42.9 Å². The third-order valence-corrected chi connectivity index (χ3v) is 8.28. The number of aromatic nitrogens is 2. The number of aryl methyl sites for hydroxylation is 1. The van der Waals surface area contributed by atoms with Gasteiger partial charge in [-0.15, -0.1) is 11.3 Å². The first kappa shape index (κ1) is 23.9. The molecule has 1 aliphatic carbocycles. The molecule has 1 atom stereocenters. The van der Waals surface area contributed by atoms with Crippen LogP contribution in [0, 0.1) is 5.92 Å². The van der Waals surface area contributed by atoms with Crippen LogP contribution in [0.2, 0.25) is 0 Å². The second-order valence-electron chi connectivity index (χ2n) is 9.97. The lowest BCUT2D eigenvalue weighted by Gasteiger charge is -2.36. The van der Waals surface area contributed by atoms with Gasteiger partial charge in [0.15, 0.2) is 0 Å². The van der Waals surface area contributed by atoms with Crippen LogP contribution in [0.15, 0.2) is 18.2 Å². The Morgan fingerprint density at radius 2 is 1.74 bits per heavy atom. The summed E-state index contributed by atoms with van der Waals surface area (Å²) in [4.78, 5) is 30.2. The summed E-state index contributed by atoms with van der Waals surface area (Å²) in [6, 6.07) is 5.33. The van der Waals surface area contributed by atoms with Gasteiger partial charge in [-0.2, -0.15) is 0 Å². The van der Waals surface area contributed by atoms with Gasteiger partial charge < -0.3 is 19.3 Å². The zero-order valence-corrected chi connectivity index (χ0v) is 22.1. The molecule has 0 radical (unpaired) electrons. The fourth-order valence-electron chi connectivity index (χ4n) is 5.06. The number of fused-ring (bicyclic) bond motifs is 3. The van der Waals surface area contributed by atoms with Crippen molar-refractivity contribution in [3.8, 4) is 11.5 Å². The molecule has 1 saturated heterocycles. The molecule has 1 aliphatic heterocycles. The molecule has 3 heterocycles. The van der Waals surface area contributed by atoms with E-state index < -0.39 is 0 Å². The minimum Gasteiger partial charge on any atom is -0.497 e. The molecule has 7 nitrogen and oxygen atoms in total. The van der Waals surface area contributed by atoms with E-state index in [1.807, 2.05) is 16.2 Å². The van der Waals surface area contributed by atoms with Crippen molar-refractivity contribution in [3.05, 3.63) is 40.0 Å². The van der Waals surface area contributed by atoms with Crippen LogP contribution in [0.4, 0.5) is 5.82 Å². The highest BCUT2D eigenvalue weighted by molar-refractivity contribution is 7.19. The zero-order valence-electron chi connectivity index (χ0n) is 21.3. The van der Waals surface area contributed by atoms with E-state index in [-0.39, 0.29) is 11.8 Å². The number of ether oxygens (including phenoxy) is 2. The summed E-state index contributed by atoms with van der Waals surface area (Å²) < 4.78 is 10.7. The van der Waals surface area contributed by atoms with Crippen LogP contribution in [0.1, 0.15) is 59.7 Å². The van der Waals surface area contributed by atoms with Crippen molar-refractivity contribution in [2.24, 2.45) is 5.92 Å². The molecule has 2 aliphatic rings. The maximum Gasteiger partial charge on any atom is 0.254 e. The number of anilines is 1. The Morgan fingerprint density at radius 1 is 1.06 bits per heavy atom. The van der Waals surface area contributed by atoms with Crippen molar-refractivity contribution in [3.63, 3.8) is 0 Å². The highest BCUT2D eigenvalue weighted by atomic mass is 32.1. The Hall–Kier alpha value is -2.87. The van der Waals surface area contributed by atoms with Gasteiger partial charge in [0.05, 0.1) is 19.6 Å². The summed E-state index contributed by atoms with van der Waals surface area (Å²) in [5.41, 5.74) is 2.04. The van der Waals surface area contributed by atoms with Gasteiger partial charge in [0, 0.05) is 48.6 Å². The molecule has 0 N–H and O–H groups in total. The monoisotopic (exact) mass is 494 g/mol.